The van der Waals surface area contributed by atoms with E-state index in [1.54, 1.807) is 24.6 Å². The Morgan fingerprint density at radius 1 is 1.44 bits per heavy atom. The van der Waals surface area contributed by atoms with Crippen molar-refractivity contribution in [3.05, 3.63) is 44.7 Å². The van der Waals surface area contributed by atoms with Gasteiger partial charge in [0.25, 0.3) is 0 Å². The van der Waals surface area contributed by atoms with Crippen molar-refractivity contribution >= 4 is 27.3 Å². The van der Waals surface area contributed by atoms with Crippen LogP contribution in [0.5, 0.6) is 5.88 Å². The lowest BCUT2D eigenvalue weighted by molar-refractivity contribution is 0.384. The van der Waals surface area contributed by atoms with Crippen LogP contribution >= 0.6 is 27.3 Å². The summed E-state index contributed by atoms with van der Waals surface area (Å²) in [5.74, 6) is 0.687. The van der Waals surface area contributed by atoms with Crippen molar-refractivity contribution in [3.63, 3.8) is 0 Å². The largest absolute Gasteiger partial charge is 0.481 e. The third-order valence-electron chi connectivity index (χ3n) is 2.75. The molecule has 2 aromatic rings. The topological polar surface area (TPSA) is 34.2 Å². The number of nitrogens with one attached hydrogen (secondary N) is 1. The van der Waals surface area contributed by atoms with Gasteiger partial charge in [-0.1, -0.05) is 6.07 Å². The minimum atomic E-state index is 0.208. The molecule has 2 heterocycles. The van der Waals surface area contributed by atoms with Crippen LogP contribution in [-0.4, -0.2) is 19.1 Å². The van der Waals surface area contributed by atoms with E-state index < -0.39 is 0 Å². The molecular formula is C13H15BrN2OS. The number of halogens is 1. The molecule has 0 saturated carbocycles. The van der Waals surface area contributed by atoms with E-state index in [4.69, 9.17) is 4.74 Å². The van der Waals surface area contributed by atoms with Gasteiger partial charge in [-0.25, -0.2) is 4.98 Å². The molecular weight excluding hydrogens is 312 g/mol. The van der Waals surface area contributed by atoms with Gasteiger partial charge in [0.1, 0.15) is 0 Å². The van der Waals surface area contributed by atoms with E-state index >= 15 is 0 Å². The molecule has 1 N–H and O–H groups in total. The van der Waals surface area contributed by atoms with Gasteiger partial charge in [0.2, 0.25) is 5.88 Å². The Balaban J connectivity index is 2.22. The molecule has 3 nitrogen and oxygen atoms in total. The number of hydrogen-bond acceptors (Lipinski definition) is 4. The molecule has 0 bridgehead atoms. The number of nitrogens with zero attached hydrogens (tertiary/aromatic N) is 1. The molecule has 0 aliphatic carbocycles. The molecule has 0 spiro atoms. The van der Waals surface area contributed by atoms with Gasteiger partial charge < -0.3 is 10.1 Å². The van der Waals surface area contributed by atoms with Crippen LogP contribution in [-0.2, 0) is 6.42 Å². The van der Waals surface area contributed by atoms with Crippen LogP contribution in [0.3, 0.4) is 0 Å². The van der Waals surface area contributed by atoms with Gasteiger partial charge in [0, 0.05) is 29.1 Å². The highest BCUT2D eigenvalue weighted by atomic mass is 79.9. The maximum Gasteiger partial charge on any atom is 0.217 e. The van der Waals surface area contributed by atoms with Crippen LogP contribution < -0.4 is 10.1 Å². The number of pyridine rings is 1. The predicted molar refractivity (Wildman–Crippen MR) is 78.3 cm³/mol. The second kappa shape index (κ2) is 6.31. The maximum atomic E-state index is 5.31. The Kier molecular flexibility index (Phi) is 4.74. The monoisotopic (exact) mass is 326 g/mol. The lowest BCUT2D eigenvalue weighted by Crippen LogP contribution is -2.19. The summed E-state index contributed by atoms with van der Waals surface area (Å²) in [4.78, 5) is 5.57. The minimum Gasteiger partial charge on any atom is -0.481 e. The van der Waals surface area contributed by atoms with Crippen LogP contribution in [0.15, 0.2) is 34.2 Å². The molecule has 1 unspecified atom stereocenters. The molecule has 2 aromatic heterocycles. The van der Waals surface area contributed by atoms with Crippen LogP contribution in [0.1, 0.15) is 16.5 Å². The SMILES string of the molecule is CNC(Cc1ccc(Br)s1)c1cccnc1OC. The number of rotatable bonds is 5. The minimum absolute atomic E-state index is 0.208. The van der Waals surface area contributed by atoms with Crippen molar-refractivity contribution in [1.29, 1.82) is 0 Å². The Morgan fingerprint density at radius 2 is 2.28 bits per heavy atom. The molecule has 0 aromatic carbocycles. The third-order valence-corrected chi connectivity index (χ3v) is 4.40. The summed E-state index contributed by atoms with van der Waals surface area (Å²) >= 11 is 5.24. The molecule has 0 aliphatic heterocycles. The highest BCUT2D eigenvalue weighted by Gasteiger charge is 2.16. The Bertz CT molecular complexity index is 515. The molecule has 0 fully saturated rings. The van der Waals surface area contributed by atoms with E-state index in [1.165, 1.54) is 4.88 Å². The van der Waals surface area contributed by atoms with Crippen molar-refractivity contribution in [2.75, 3.05) is 14.2 Å². The Labute approximate surface area is 119 Å². The van der Waals surface area contributed by atoms with Gasteiger partial charge in [-0.3, -0.25) is 0 Å². The van der Waals surface area contributed by atoms with Crippen molar-refractivity contribution in [1.82, 2.24) is 10.3 Å². The van der Waals surface area contributed by atoms with E-state index in [-0.39, 0.29) is 6.04 Å². The summed E-state index contributed by atoms with van der Waals surface area (Å²) in [5, 5.41) is 3.32. The van der Waals surface area contributed by atoms with Gasteiger partial charge in [0.05, 0.1) is 10.9 Å². The van der Waals surface area contributed by atoms with E-state index in [2.05, 4.69) is 44.4 Å². The highest BCUT2D eigenvalue weighted by molar-refractivity contribution is 9.11. The third kappa shape index (κ3) is 3.10. The lowest BCUT2D eigenvalue weighted by Gasteiger charge is -2.17. The zero-order valence-corrected chi connectivity index (χ0v) is 12.7. The van der Waals surface area contributed by atoms with Gasteiger partial charge in [-0.05, 0) is 41.2 Å². The van der Waals surface area contributed by atoms with Crippen molar-refractivity contribution in [2.45, 2.75) is 12.5 Å². The zero-order chi connectivity index (χ0) is 13.0. The standard InChI is InChI=1S/C13H15BrN2OS/c1-15-11(8-9-5-6-12(14)18-9)10-4-3-7-16-13(10)17-2/h3-7,11,15H,8H2,1-2H3. The molecule has 0 amide bonds. The molecule has 1 atom stereocenters. The normalized spacial score (nSPS) is 12.4. The van der Waals surface area contributed by atoms with Gasteiger partial charge >= 0.3 is 0 Å². The number of hydrogen-bond donors (Lipinski definition) is 1. The second-order valence-corrected chi connectivity index (χ2v) is 6.40. The van der Waals surface area contributed by atoms with Gasteiger partial charge in [-0.15, -0.1) is 11.3 Å². The van der Waals surface area contributed by atoms with E-state index in [1.807, 2.05) is 13.1 Å². The highest BCUT2D eigenvalue weighted by Crippen LogP contribution is 2.29. The van der Waals surface area contributed by atoms with Gasteiger partial charge in [0.15, 0.2) is 0 Å². The quantitative estimate of drug-likeness (QED) is 0.914. The second-order valence-electron chi connectivity index (χ2n) is 3.85. The van der Waals surface area contributed by atoms with Gasteiger partial charge in [-0.2, -0.15) is 0 Å². The maximum absolute atomic E-state index is 5.31. The fourth-order valence-corrected chi connectivity index (χ4v) is 3.40. The number of likely N-dealkylation sites (N-methyl/N-ethyl adjacent to an activating group) is 1. The summed E-state index contributed by atoms with van der Waals surface area (Å²) in [7, 11) is 3.61. The molecule has 2 rings (SSSR count). The number of methoxy groups -OCH3 is 1. The molecule has 96 valence electrons. The summed E-state index contributed by atoms with van der Waals surface area (Å²) in [5.41, 5.74) is 1.09. The van der Waals surface area contributed by atoms with E-state index in [0.717, 1.165) is 15.8 Å². The van der Waals surface area contributed by atoms with E-state index in [0.29, 0.717) is 5.88 Å². The number of thiophene rings is 1. The number of ether oxygens (including phenoxy) is 1. The first-order valence-corrected chi connectivity index (χ1v) is 7.26. The number of aromatic nitrogens is 1. The first-order valence-electron chi connectivity index (χ1n) is 5.65. The van der Waals surface area contributed by atoms with Crippen LogP contribution in [0, 0.1) is 0 Å². The zero-order valence-electron chi connectivity index (χ0n) is 10.3. The summed E-state index contributed by atoms with van der Waals surface area (Å²) in [6.07, 6.45) is 2.67. The molecule has 18 heavy (non-hydrogen) atoms. The first-order chi connectivity index (χ1) is 8.74. The fourth-order valence-electron chi connectivity index (χ4n) is 1.87. The average Bonchev–Trinajstić information content (AvgIpc) is 2.81. The van der Waals surface area contributed by atoms with Crippen molar-refractivity contribution in [3.8, 4) is 5.88 Å². The Hall–Kier alpha value is -0.910. The summed E-state index contributed by atoms with van der Waals surface area (Å²) in [6, 6.07) is 8.41. The van der Waals surface area contributed by atoms with Crippen LogP contribution in [0.4, 0.5) is 0 Å². The first kappa shape index (κ1) is 13.5. The van der Waals surface area contributed by atoms with Crippen LogP contribution in [0.2, 0.25) is 0 Å². The average molecular weight is 327 g/mol. The van der Waals surface area contributed by atoms with Crippen LogP contribution in [0.25, 0.3) is 0 Å². The summed E-state index contributed by atoms with van der Waals surface area (Å²) < 4.78 is 6.47. The molecule has 0 aliphatic rings. The lowest BCUT2D eigenvalue weighted by atomic mass is 10.0. The Morgan fingerprint density at radius 3 is 2.89 bits per heavy atom. The fraction of sp³-hybridized carbons (Fsp3) is 0.308. The molecule has 0 radical (unpaired) electrons. The van der Waals surface area contributed by atoms with Crippen molar-refractivity contribution in [2.24, 2.45) is 0 Å². The predicted octanol–water partition coefficient (Wildman–Crippen LogP) is 3.42. The molecule has 0 saturated heterocycles. The van der Waals surface area contributed by atoms with E-state index in [9.17, 15) is 0 Å². The summed E-state index contributed by atoms with van der Waals surface area (Å²) in [6.45, 7) is 0. The molecule has 5 heteroatoms. The smallest absolute Gasteiger partial charge is 0.217 e. The van der Waals surface area contributed by atoms with Crippen molar-refractivity contribution < 1.29 is 4.74 Å².